The van der Waals surface area contributed by atoms with Crippen molar-refractivity contribution in [2.24, 2.45) is 10.1 Å². The molecule has 192 valence electrons. The predicted octanol–water partition coefficient (Wildman–Crippen LogP) is 3.70. The maximum Gasteiger partial charge on any atom is 0.326 e. The van der Waals surface area contributed by atoms with Crippen molar-refractivity contribution in [3.63, 3.8) is 0 Å². The van der Waals surface area contributed by atoms with Crippen LogP contribution in [0.2, 0.25) is 0 Å². The number of hydrogen-bond acceptors (Lipinski definition) is 7. The van der Waals surface area contributed by atoms with Crippen LogP contribution < -0.4 is 4.74 Å². The lowest BCUT2D eigenvalue weighted by molar-refractivity contribution is -0.152. The highest BCUT2D eigenvalue weighted by Crippen LogP contribution is 2.39. The summed E-state index contributed by atoms with van der Waals surface area (Å²) in [5, 5.41) is 15.9. The minimum absolute atomic E-state index is 0.0842. The number of aliphatic carboxylic acids is 1. The van der Waals surface area contributed by atoms with E-state index in [0.29, 0.717) is 24.6 Å². The van der Waals surface area contributed by atoms with E-state index in [4.69, 9.17) is 9.84 Å². The van der Waals surface area contributed by atoms with Crippen LogP contribution in [0.15, 0.2) is 64.7 Å². The zero-order valence-corrected chi connectivity index (χ0v) is 21.3. The van der Waals surface area contributed by atoms with Crippen LogP contribution in [-0.2, 0) is 14.4 Å². The van der Waals surface area contributed by atoms with Crippen molar-refractivity contribution >= 4 is 40.4 Å². The van der Waals surface area contributed by atoms with Crippen LogP contribution in [-0.4, -0.2) is 68.6 Å². The quantitative estimate of drug-likeness (QED) is 0.618. The Morgan fingerprint density at radius 1 is 1.11 bits per heavy atom. The molecule has 3 aliphatic rings. The van der Waals surface area contributed by atoms with Gasteiger partial charge < -0.3 is 14.7 Å². The Morgan fingerprint density at radius 3 is 2.57 bits per heavy atom. The molecule has 5 rings (SSSR count). The Bertz CT molecular complexity index is 1250. The Balaban J connectivity index is 1.35. The van der Waals surface area contributed by atoms with Crippen molar-refractivity contribution in [2.45, 2.75) is 49.4 Å². The maximum atomic E-state index is 13.0. The molecule has 0 bridgehead atoms. The van der Waals surface area contributed by atoms with E-state index in [9.17, 15) is 19.5 Å². The smallest absolute Gasteiger partial charge is 0.326 e. The summed E-state index contributed by atoms with van der Waals surface area (Å²) in [4.78, 5) is 43.2. The third-order valence-corrected chi connectivity index (χ3v) is 8.05. The fourth-order valence-electron chi connectivity index (χ4n) is 4.95. The molecule has 0 aliphatic carbocycles. The molecule has 0 saturated carbocycles. The lowest BCUT2D eigenvalue weighted by atomic mass is 9.98. The Kier molecular flexibility index (Phi) is 7.27. The molecule has 0 radical (unpaired) electrons. The lowest BCUT2D eigenvalue weighted by Gasteiger charge is -2.33. The number of hydrogen-bond donors (Lipinski definition) is 1. The standard InChI is InChI=1S/C27H28N4O5S/c1-36-19-12-10-17(11-13-19)20-15-22(18-7-3-2-4-8-18)31(29-20)27-28-25(33)23(37-27)16-24(32)30-14-6-5-9-21(30)26(34)35/h2-4,7-8,10-13,21-23H,5-6,9,14-16H2,1H3,(H,34,35). The largest absolute Gasteiger partial charge is 0.497 e. The minimum Gasteiger partial charge on any atom is -0.497 e. The molecular formula is C27H28N4O5S. The highest BCUT2D eigenvalue weighted by Gasteiger charge is 2.41. The van der Waals surface area contributed by atoms with E-state index < -0.39 is 23.2 Å². The van der Waals surface area contributed by atoms with Gasteiger partial charge in [0.05, 0.1) is 18.9 Å². The van der Waals surface area contributed by atoms with Crippen LogP contribution in [0.3, 0.4) is 0 Å². The number of methoxy groups -OCH3 is 1. The highest BCUT2D eigenvalue weighted by molar-refractivity contribution is 8.15. The van der Waals surface area contributed by atoms with E-state index in [-0.39, 0.29) is 18.4 Å². The number of amides is 2. The van der Waals surface area contributed by atoms with Gasteiger partial charge in [-0.15, -0.1) is 0 Å². The number of carbonyl (C=O) groups excluding carboxylic acids is 2. The molecule has 1 fully saturated rings. The molecule has 3 atom stereocenters. The van der Waals surface area contributed by atoms with Gasteiger partial charge in [-0.2, -0.15) is 10.1 Å². The van der Waals surface area contributed by atoms with Gasteiger partial charge in [0.2, 0.25) is 5.91 Å². The van der Waals surface area contributed by atoms with Gasteiger partial charge >= 0.3 is 5.97 Å². The third kappa shape index (κ3) is 5.24. The number of ether oxygens (including phenoxy) is 1. The van der Waals surface area contributed by atoms with Gasteiger partial charge in [-0.05, 0) is 54.7 Å². The third-order valence-electron chi connectivity index (χ3n) is 6.91. The molecule has 3 unspecified atom stereocenters. The molecule has 9 nitrogen and oxygen atoms in total. The van der Waals surface area contributed by atoms with Crippen LogP contribution in [0, 0.1) is 0 Å². The van der Waals surface area contributed by atoms with E-state index in [2.05, 4.69) is 4.99 Å². The number of piperidine rings is 1. The van der Waals surface area contributed by atoms with Crippen LogP contribution in [0.4, 0.5) is 0 Å². The number of nitrogens with zero attached hydrogens (tertiary/aromatic N) is 4. The number of hydrazone groups is 1. The summed E-state index contributed by atoms with van der Waals surface area (Å²) in [5.74, 6) is -0.958. The zero-order chi connectivity index (χ0) is 25.9. The van der Waals surface area contributed by atoms with Crippen molar-refractivity contribution in [3.05, 3.63) is 65.7 Å². The number of carboxylic acid groups (broad SMARTS) is 1. The molecule has 37 heavy (non-hydrogen) atoms. The molecule has 0 spiro atoms. The van der Waals surface area contributed by atoms with Gasteiger partial charge in [-0.25, -0.2) is 9.80 Å². The van der Waals surface area contributed by atoms with E-state index in [1.807, 2.05) is 54.6 Å². The fraction of sp³-hybridized carbons (Fsp3) is 0.370. The lowest BCUT2D eigenvalue weighted by Crippen LogP contribution is -2.48. The van der Waals surface area contributed by atoms with Crippen LogP contribution in [0.25, 0.3) is 0 Å². The second kappa shape index (κ2) is 10.8. The zero-order valence-electron chi connectivity index (χ0n) is 20.4. The Morgan fingerprint density at radius 2 is 1.86 bits per heavy atom. The Labute approximate surface area is 219 Å². The first-order valence-corrected chi connectivity index (χ1v) is 13.2. The molecule has 1 N–H and O–H groups in total. The molecule has 2 aromatic rings. The molecule has 10 heteroatoms. The summed E-state index contributed by atoms with van der Waals surface area (Å²) >= 11 is 1.22. The summed E-state index contributed by atoms with van der Waals surface area (Å²) in [6, 6.07) is 16.6. The molecule has 2 amide bonds. The van der Waals surface area contributed by atoms with Crippen molar-refractivity contribution in [2.75, 3.05) is 13.7 Å². The van der Waals surface area contributed by atoms with Crippen molar-refractivity contribution < 1.29 is 24.2 Å². The van der Waals surface area contributed by atoms with Crippen LogP contribution in [0.1, 0.15) is 49.3 Å². The molecular weight excluding hydrogens is 492 g/mol. The first-order chi connectivity index (χ1) is 17.9. The fourth-order valence-corrected chi connectivity index (χ4v) is 6.00. The van der Waals surface area contributed by atoms with Gasteiger partial charge in [0.1, 0.15) is 17.0 Å². The van der Waals surface area contributed by atoms with Crippen molar-refractivity contribution in [1.82, 2.24) is 9.91 Å². The molecule has 2 aromatic carbocycles. The predicted molar refractivity (Wildman–Crippen MR) is 141 cm³/mol. The number of carbonyl (C=O) groups is 3. The van der Waals surface area contributed by atoms with Crippen molar-refractivity contribution in [3.8, 4) is 5.75 Å². The first-order valence-electron chi connectivity index (χ1n) is 12.3. The Hall–Kier alpha value is -3.66. The van der Waals surface area contributed by atoms with Gasteiger partial charge in [-0.1, -0.05) is 42.1 Å². The SMILES string of the molecule is COc1ccc(C2=NN(C3=NC(=O)C(CC(=O)N4CCCCC4C(=O)O)S3)C(c3ccccc3)C2)cc1. The average molecular weight is 521 g/mol. The monoisotopic (exact) mass is 520 g/mol. The molecule has 1 saturated heterocycles. The molecule has 0 aromatic heterocycles. The maximum absolute atomic E-state index is 13.0. The van der Waals surface area contributed by atoms with Gasteiger partial charge in [0.25, 0.3) is 5.91 Å². The summed E-state index contributed by atoms with van der Waals surface area (Å²) in [7, 11) is 1.62. The number of aliphatic imine (C=N–C) groups is 1. The van der Waals surface area contributed by atoms with Gasteiger partial charge in [0, 0.05) is 19.4 Å². The molecule has 3 heterocycles. The second-order valence-electron chi connectivity index (χ2n) is 9.23. The number of likely N-dealkylation sites (tertiary alicyclic amines) is 1. The highest BCUT2D eigenvalue weighted by atomic mass is 32.2. The van der Waals surface area contributed by atoms with E-state index >= 15 is 0 Å². The van der Waals surface area contributed by atoms with E-state index in [0.717, 1.165) is 35.4 Å². The summed E-state index contributed by atoms with van der Waals surface area (Å²) in [6.07, 6.45) is 2.51. The van der Waals surface area contributed by atoms with Gasteiger partial charge in [-0.3, -0.25) is 9.59 Å². The number of rotatable bonds is 6. The number of benzene rings is 2. The number of thioether (sulfide) groups is 1. The van der Waals surface area contributed by atoms with Gasteiger partial charge in [0.15, 0.2) is 5.17 Å². The summed E-state index contributed by atoms with van der Waals surface area (Å²) < 4.78 is 5.27. The summed E-state index contributed by atoms with van der Waals surface area (Å²) in [5.41, 5.74) is 2.86. The summed E-state index contributed by atoms with van der Waals surface area (Å²) in [6.45, 7) is 0.396. The molecule has 3 aliphatic heterocycles. The average Bonchev–Trinajstić information content (AvgIpc) is 3.53. The minimum atomic E-state index is -1.00. The second-order valence-corrected chi connectivity index (χ2v) is 10.4. The van der Waals surface area contributed by atoms with Crippen LogP contribution >= 0.6 is 11.8 Å². The van der Waals surface area contributed by atoms with Crippen LogP contribution in [0.5, 0.6) is 5.75 Å². The van der Waals surface area contributed by atoms with E-state index in [1.54, 1.807) is 12.1 Å². The first kappa shape index (κ1) is 25.0. The normalized spacial score (nSPS) is 23.6. The van der Waals surface area contributed by atoms with Crippen molar-refractivity contribution in [1.29, 1.82) is 0 Å². The van der Waals surface area contributed by atoms with E-state index in [1.165, 1.54) is 16.7 Å². The topological polar surface area (TPSA) is 112 Å². The number of amidine groups is 1. The number of carboxylic acids is 1.